The predicted octanol–water partition coefficient (Wildman–Crippen LogP) is 0.383. The van der Waals surface area contributed by atoms with Gasteiger partial charge in [-0.1, -0.05) is 0 Å². The number of nitrogens with one attached hydrogen (secondary N) is 3. The Morgan fingerprint density at radius 1 is 1.57 bits per heavy atom. The number of rotatable bonds is 5. The van der Waals surface area contributed by atoms with Crippen molar-refractivity contribution in [2.24, 2.45) is 0 Å². The molecule has 1 aromatic heterocycles. The molecule has 14 heavy (non-hydrogen) atoms. The van der Waals surface area contributed by atoms with Crippen molar-refractivity contribution in [3.05, 3.63) is 24.0 Å². The van der Waals surface area contributed by atoms with Gasteiger partial charge in [0, 0.05) is 17.9 Å². The SMILES string of the molecule is O=C(CNC1CC1)NCc1ccc[nH]1. The maximum absolute atomic E-state index is 11.3. The highest BCUT2D eigenvalue weighted by Crippen LogP contribution is 2.17. The fourth-order valence-corrected chi connectivity index (χ4v) is 1.26. The molecule has 4 nitrogen and oxygen atoms in total. The van der Waals surface area contributed by atoms with Gasteiger partial charge in [0.1, 0.15) is 0 Å². The maximum atomic E-state index is 11.3. The number of hydrogen-bond donors (Lipinski definition) is 3. The molecule has 1 aliphatic carbocycles. The first-order chi connectivity index (χ1) is 6.84. The first-order valence-corrected chi connectivity index (χ1v) is 4.97. The second kappa shape index (κ2) is 4.28. The van der Waals surface area contributed by atoms with Crippen molar-refractivity contribution < 1.29 is 4.79 Å². The van der Waals surface area contributed by atoms with Gasteiger partial charge in [-0.25, -0.2) is 0 Å². The molecule has 1 fully saturated rings. The van der Waals surface area contributed by atoms with Crippen molar-refractivity contribution >= 4 is 5.91 Å². The lowest BCUT2D eigenvalue weighted by Gasteiger charge is -2.04. The van der Waals surface area contributed by atoms with Gasteiger partial charge in [-0.3, -0.25) is 4.79 Å². The van der Waals surface area contributed by atoms with E-state index in [2.05, 4.69) is 15.6 Å². The van der Waals surface area contributed by atoms with Crippen LogP contribution < -0.4 is 10.6 Å². The van der Waals surface area contributed by atoms with E-state index in [0.29, 0.717) is 19.1 Å². The first-order valence-electron chi connectivity index (χ1n) is 4.97. The van der Waals surface area contributed by atoms with Gasteiger partial charge in [0.05, 0.1) is 13.1 Å². The molecular formula is C10H15N3O. The Labute approximate surface area is 83.1 Å². The third kappa shape index (κ3) is 2.88. The highest BCUT2D eigenvalue weighted by molar-refractivity contribution is 5.77. The molecule has 0 aromatic carbocycles. The molecule has 0 spiro atoms. The number of amides is 1. The van der Waals surface area contributed by atoms with Crippen LogP contribution >= 0.6 is 0 Å². The molecule has 1 aromatic rings. The van der Waals surface area contributed by atoms with Crippen molar-refractivity contribution in [1.82, 2.24) is 15.6 Å². The minimum absolute atomic E-state index is 0.0616. The zero-order valence-electron chi connectivity index (χ0n) is 8.05. The lowest BCUT2D eigenvalue weighted by Crippen LogP contribution is -2.34. The minimum atomic E-state index is 0.0616. The highest BCUT2D eigenvalue weighted by atomic mass is 16.1. The summed E-state index contributed by atoms with van der Waals surface area (Å²) in [5.41, 5.74) is 1.03. The van der Waals surface area contributed by atoms with Crippen LogP contribution in [-0.4, -0.2) is 23.5 Å². The quantitative estimate of drug-likeness (QED) is 0.633. The second-order valence-electron chi connectivity index (χ2n) is 3.63. The Hall–Kier alpha value is -1.29. The molecule has 0 unspecified atom stereocenters. The summed E-state index contributed by atoms with van der Waals surface area (Å²) in [6, 6.07) is 4.46. The average molecular weight is 193 g/mol. The Kier molecular flexibility index (Phi) is 2.84. The van der Waals surface area contributed by atoms with Gasteiger partial charge in [0.15, 0.2) is 0 Å². The van der Waals surface area contributed by atoms with E-state index in [4.69, 9.17) is 0 Å². The monoisotopic (exact) mass is 193 g/mol. The van der Waals surface area contributed by atoms with E-state index >= 15 is 0 Å². The number of carbonyl (C=O) groups is 1. The van der Waals surface area contributed by atoms with Crippen molar-refractivity contribution in [3.63, 3.8) is 0 Å². The molecular weight excluding hydrogens is 178 g/mol. The van der Waals surface area contributed by atoms with Gasteiger partial charge in [0.2, 0.25) is 5.91 Å². The molecule has 0 saturated heterocycles. The van der Waals surface area contributed by atoms with Crippen LogP contribution in [0.5, 0.6) is 0 Å². The van der Waals surface area contributed by atoms with Crippen LogP contribution in [0.2, 0.25) is 0 Å². The van der Waals surface area contributed by atoms with Crippen LogP contribution in [0.4, 0.5) is 0 Å². The van der Waals surface area contributed by atoms with E-state index in [1.807, 2.05) is 18.3 Å². The molecule has 1 amide bonds. The Balaban J connectivity index is 1.62. The molecule has 1 aliphatic rings. The number of aromatic amines is 1. The van der Waals surface area contributed by atoms with E-state index in [1.165, 1.54) is 12.8 Å². The maximum Gasteiger partial charge on any atom is 0.234 e. The zero-order chi connectivity index (χ0) is 9.80. The van der Waals surface area contributed by atoms with Crippen molar-refractivity contribution in [2.75, 3.05) is 6.54 Å². The molecule has 2 rings (SSSR count). The number of hydrogen-bond acceptors (Lipinski definition) is 2. The molecule has 0 bridgehead atoms. The number of H-pyrrole nitrogens is 1. The van der Waals surface area contributed by atoms with Gasteiger partial charge in [-0.05, 0) is 25.0 Å². The van der Waals surface area contributed by atoms with Crippen LogP contribution in [-0.2, 0) is 11.3 Å². The fourth-order valence-electron chi connectivity index (χ4n) is 1.26. The predicted molar refractivity (Wildman–Crippen MR) is 53.7 cm³/mol. The zero-order valence-corrected chi connectivity index (χ0v) is 8.05. The van der Waals surface area contributed by atoms with E-state index in [9.17, 15) is 4.79 Å². The molecule has 3 N–H and O–H groups in total. The minimum Gasteiger partial charge on any atom is -0.364 e. The Morgan fingerprint density at radius 2 is 2.43 bits per heavy atom. The van der Waals surface area contributed by atoms with Crippen LogP contribution in [0.3, 0.4) is 0 Å². The third-order valence-corrected chi connectivity index (χ3v) is 2.27. The highest BCUT2D eigenvalue weighted by Gasteiger charge is 2.20. The third-order valence-electron chi connectivity index (χ3n) is 2.27. The average Bonchev–Trinajstić information content (AvgIpc) is 2.87. The lowest BCUT2D eigenvalue weighted by atomic mass is 10.4. The summed E-state index contributed by atoms with van der Waals surface area (Å²) in [6.45, 7) is 1.02. The Bertz CT molecular complexity index is 290. The molecule has 1 saturated carbocycles. The molecule has 1 heterocycles. The van der Waals surface area contributed by atoms with Gasteiger partial charge < -0.3 is 15.6 Å². The number of aromatic nitrogens is 1. The number of carbonyl (C=O) groups excluding carboxylic acids is 1. The fraction of sp³-hybridized carbons (Fsp3) is 0.500. The van der Waals surface area contributed by atoms with Gasteiger partial charge in [-0.15, -0.1) is 0 Å². The van der Waals surface area contributed by atoms with Crippen LogP contribution in [0.1, 0.15) is 18.5 Å². The molecule has 0 aliphatic heterocycles. The smallest absolute Gasteiger partial charge is 0.234 e. The normalized spacial score (nSPS) is 15.4. The molecule has 0 radical (unpaired) electrons. The van der Waals surface area contributed by atoms with Gasteiger partial charge >= 0.3 is 0 Å². The first kappa shape index (κ1) is 9.27. The van der Waals surface area contributed by atoms with E-state index < -0.39 is 0 Å². The molecule has 76 valence electrons. The lowest BCUT2D eigenvalue weighted by molar-refractivity contribution is -0.120. The van der Waals surface area contributed by atoms with Gasteiger partial charge in [-0.2, -0.15) is 0 Å². The summed E-state index contributed by atoms with van der Waals surface area (Å²) in [7, 11) is 0. The van der Waals surface area contributed by atoms with Crippen molar-refractivity contribution in [1.29, 1.82) is 0 Å². The van der Waals surface area contributed by atoms with E-state index in [0.717, 1.165) is 5.69 Å². The summed E-state index contributed by atoms with van der Waals surface area (Å²) in [5.74, 6) is 0.0616. The summed E-state index contributed by atoms with van der Waals surface area (Å²) < 4.78 is 0. The largest absolute Gasteiger partial charge is 0.364 e. The second-order valence-corrected chi connectivity index (χ2v) is 3.63. The van der Waals surface area contributed by atoms with E-state index in [-0.39, 0.29) is 5.91 Å². The van der Waals surface area contributed by atoms with Crippen LogP contribution in [0, 0.1) is 0 Å². The summed E-state index contributed by atoms with van der Waals surface area (Å²) >= 11 is 0. The van der Waals surface area contributed by atoms with Crippen LogP contribution in [0.15, 0.2) is 18.3 Å². The van der Waals surface area contributed by atoms with Gasteiger partial charge in [0.25, 0.3) is 0 Å². The van der Waals surface area contributed by atoms with Crippen molar-refractivity contribution in [2.45, 2.75) is 25.4 Å². The molecule has 4 heteroatoms. The van der Waals surface area contributed by atoms with E-state index in [1.54, 1.807) is 0 Å². The standard InChI is InChI=1S/C10H15N3O/c14-10(7-12-8-3-4-8)13-6-9-2-1-5-11-9/h1-2,5,8,11-12H,3-4,6-7H2,(H,13,14). The van der Waals surface area contributed by atoms with Crippen LogP contribution in [0.25, 0.3) is 0 Å². The summed E-state index contributed by atoms with van der Waals surface area (Å²) in [6.07, 6.45) is 4.28. The molecule has 0 atom stereocenters. The van der Waals surface area contributed by atoms with Crippen molar-refractivity contribution in [3.8, 4) is 0 Å². The summed E-state index contributed by atoms with van der Waals surface area (Å²) in [5, 5.41) is 6.00. The topological polar surface area (TPSA) is 56.9 Å². The Morgan fingerprint density at radius 3 is 3.07 bits per heavy atom. The summed E-state index contributed by atoms with van der Waals surface area (Å²) in [4.78, 5) is 14.3.